The number of thioether (sulfide) groups is 1. The molecule has 18 heavy (non-hydrogen) atoms. The highest BCUT2D eigenvalue weighted by Crippen LogP contribution is 2.27. The van der Waals surface area contributed by atoms with Gasteiger partial charge in [0.15, 0.2) is 0 Å². The van der Waals surface area contributed by atoms with Gasteiger partial charge in [-0.25, -0.2) is 4.39 Å². The van der Waals surface area contributed by atoms with Crippen LogP contribution >= 0.6 is 11.8 Å². The Bertz CT molecular complexity index is 570. The van der Waals surface area contributed by atoms with Crippen LogP contribution in [0.25, 0.3) is 0 Å². The largest absolute Gasteiger partial charge is 0.397 e. The van der Waals surface area contributed by atoms with Crippen molar-refractivity contribution in [2.45, 2.75) is 11.8 Å². The van der Waals surface area contributed by atoms with E-state index in [-0.39, 0.29) is 5.82 Å². The fraction of sp³-hybridized carbons (Fsp3) is 0.143. The molecule has 0 aromatic heterocycles. The number of hydrogen-bond donors (Lipinski definition) is 2. The van der Waals surface area contributed by atoms with Crippen molar-refractivity contribution in [1.29, 1.82) is 0 Å². The summed E-state index contributed by atoms with van der Waals surface area (Å²) in [4.78, 5) is 1.16. The van der Waals surface area contributed by atoms with Gasteiger partial charge in [0.1, 0.15) is 5.82 Å². The van der Waals surface area contributed by atoms with Crippen molar-refractivity contribution in [2.24, 2.45) is 0 Å². The highest BCUT2D eigenvalue weighted by molar-refractivity contribution is 7.98. The van der Waals surface area contributed by atoms with Gasteiger partial charge in [0.2, 0.25) is 0 Å². The Morgan fingerprint density at radius 3 is 2.72 bits per heavy atom. The fourth-order valence-electron chi connectivity index (χ4n) is 1.66. The summed E-state index contributed by atoms with van der Waals surface area (Å²) in [5, 5.41) is 3.21. The highest BCUT2D eigenvalue weighted by Gasteiger charge is 2.05. The van der Waals surface area contributed by atoms with Crippen LogP contribution in [-0.2, 0) is 0 Å². The molecule has 0 saturated carbocycles. The Kier molecular flexibility index (Phi) is 3.77. The van der Waals surface area contributed by atoms with E-state index in [9.17, 15) is 4.39 Å². The lowest BCUT2D eigenvalue weighted by atomic mass is 10.1. The number of aryl methyl sites for hydroxylation is 1. The van der Waals surface area contributed by atoms with E-state index < -0.39 is 0 Å². The van der Waals surface area contributed by atoms with Crippen LogP contribution in [0.15, 0.2) is 41.3 Å². The van der Waals surface area contributed by atoms with Crippen molar-refractivity contribution in [3.05, 3.63) is 47.8 Å². The van der Waals surface area contributed by atoms with Crippen LogP contribution in [0, 0.1) is 12.7 Å². The average molecular weight is 262 g/mol. The number of benzene rings is 2. The van der Waals surface area contributed by atoms with Crippen molar-refractivity contribution in [3.63, 3.8) is 0 Å². The number of rotatable bonds is 3. The molecule has 94 valence electrons. The van der Waals surface area contributed by atoms with E-state index in [1.165, 1.54) is 6.07 Å². The van der Waals surface area contributed by atoms with Gasteiger partial charge in [-0.2, -0.15) is 0 Å². The van der Waals surface area contributed by atoms with Gasteiger partial charge in [0.05, 0.1) is 11.4 Å². The number of nitrogens with two attached hydrogens (primary N) is 1. The number of anilines is 3. The molecule has 0 amide bonds. The highest BCUT2D eigenvalue weighted by atomic mass is 32.2. The third kappa shape index (κ3) is 2.76. The smallest absolute Gasteiger partial charge is 0.128 e. The fourth-order valence-corrected chi connectivity index (χ4v) is 2.12. The van der Waals surface area contributed by atoms with Gasteiger partial charge < -0.3 is 11.1 Å². The summed E-state index contributed by atoms with van der Waals surface area (Å²) in [5.74, 6) is -0.282. The predicted molar refractivity (Wildman–Crippen MR) is 77.1 cm³/mol. The van der Waals surface area contributed by atoms with Crippen LogP contribution in [0.4, 0.5) is 21.5 Å². The van der Waals surface area contributed by atoms with Crippen molar-refractivity contribution >= 4 is 28.8 Å². The maximum Gasteiger partial charge on any atom is 0.128 e. The third-order valence-corrected chi connectivity index (χ3v) is 3.40. The van der Waals surface area contributed by atoms with Crippen molar-refractivity contribution in [1.82, 2.24) is 0 Å². The van der Waals surface area contributed by atoms with Crippen LogP contribution in [0.2, 0.25) is 0 Å². The van der Waals surface area contributed by atoms with Gasteiger partial charge in [0.25, 0.3) is 0 Å². The Hall–Kier alpha value is -1.68. The molecule has 0 spiro atoms. The van der Waals surface area contributed by atoms with E-state index in [0.29, 0.717) is 11.3 Å². The van der Waals surface area contributed by atoms with Gasteiger partial charge in [-0.1, -0.05) is 6.07 Å². The Morgan fingerprint density at radius 2 is 2.00 bits per heavy atom. The first-order valence-corrected chi connectivity index (χ1v) is 6.79. The predicted octanol–water partition coefficient (Wildman–Crippen LogP) is 4.18. The third-order valence-electron chi connectivity index (χ3n) is 2.68. The van der Waals surface area contributed by atoms with Crippen LogP contribution in [-0.4, -0.2) is 6.26 Å². The number of halogens is 1. The molecule has 0 bridgehead atoms. The molecule has 2 nitrogen and oxygen atoms in total. The molecule has 0 fully saturated rings. The maximum absolute atomic E-state index is 13.3. The summed E-state index contributed by atoms with van der Waals surface area (Å²) < 4.78 is 13.3. The molecule has 3 N–H and O–H groups in total. The van der Waals surface area contributed by atoms with Crippen molar-refractivity contribution in [3.8, 4) is 0 Å². The monoisotopic (exact) mass is 262 g/mol. The van der Waals surface area contributed by atoms with E-state index in [1.54, 1.807) is 24.8 Å². The summed E-state index contributed by atoms with van der Waals surface area (Å²) >= 11 is 1.67. The second-order valence-electron chi connectivity index (χ2n) is 4.05. The molecule has 2 aromatic rings. The molecule has 0 unspecified atom stereocenters. The Morgan fingerprint density at radius 1 is 1.22 bits per heavy atom. The molecule has 0 aliphatic heterocycles. The number of nitrogen functional groups attached to an aromatic ring is 1. The quantitative estimate of drug-likeness (QED) is 0.643. The molecular weight excluding hydrogens is 247 g/mol. The summed E-state index contributed by atoms with van der Waals surface area (Å²) in [6, 6.07) is 11.1. The van der Waals surface area contributed by atoms with E-state index >= 15 is 0 Å². The van der Waals surface area contributed by atoms with Crippen LogP contribution in [0.5, 0.6) is 0 Å². The van der Waals surface area contributed by atoms with Gasteiger partial charge >= 0.3 is 0 Å². The molecule has 2 aromatic carbocycles. The normalized spacial score (nSPS) is 10.4. The first kappa shape index (κ1) is 12.8. The zero-order valence-corrected chi connectivity index (χ0v) is 11.1. The zero-order valence-electron chi connectivity index (χ0n) is 10.3. The number of nitrogens with one attached hydrogen (secondary N) is 1. The second-order valence-corrected chi connectivity index (χ2v) is 4.93. The second kappa shape index (κ2) is 5.31. The van der Waals surface area contributed by atoms with Gasteiger partial charge in [0, 0.05) is 10.6 Å². The summed E-state index contributed by atoms with van der Waals surface area (Å²) in [5.41, 5.74) is 8.46. The molecule has 0 saturated heterocycles. The molecule has 4 heteroatoms. The van der Waals surface area contributed by atoms with E-state index in [1.807, 2.05) is 30.5 Å². The van der Waals surface area contributed by atoms with Crippen molar-refractivity contribution in [2.75, 3.05) is 17.3 Å². The number of hydrogen-bond acceptors (Lipinski definition) is 3. The zero-order chi connectivity index (χ0) is 13.1. The van der Waals surface area contributed by atoms with E-state index in [0.717, 1.165) is 16.3 Å². The maximum atomic E-state index is 13.3. The molecular formula is C14H15FN2S. The molecule has 0 radical (unpaired) electrons. The SMILES string of the molecule is CSc1cccc(Nc2cc(C)c(F)cc2N)c1. The first-order valence-electron chi connectivity index (χ1n) is 5.57. The average Bonchev–Trinajstić information content (AvgIpc) is 2.36. The first-order chi connectivity index (χ1) is 8.60. The lowest BCUT2D eigenvalue weighted by Gasteiger charge is -2.11. The molecule has 0 atom stereocenters. The van der Waals surface area contributed by atoms with E-state index in [2.05, 4.69) is 5.32 Å². The molecule has 2 rings (SSSR count). The van der Waals surface area contributed by atoms with Crippen LogP contribution < -0.4 is 11.1 Å². The van der Waals surface area contributed by atoms with Gasteiger partial charge in [-0.3, -0.25) is 0 Å². The molecule has 0 aliphatic carbocycles. The lowest BCUT2D eigenvalue weighted by Crippen LogP contribution is -1.98. The standard InChI is InChI=1S/C14H15FN2S/c1-9-6-14(13(16)8-12(9)15)17-10-4-3-5-11(7-10)18-2/h3-8,17H,16H2,1-2H3. The van der Waals surface area contributed by atoms with E-state index in [4.69, 9.17) is 5.73 Å². The Labute approximate surface area is 110 Å². The van der Waals surface area contributed by atoms with Gasteiger partial charge in [-0.15, -0.1) is 11.8 Å². The van der Waals surface area contributed by atoms with Crippen LogP contribution in [0.1, 0.15) is 5.56 Å². The lowest BCUT2D eigenvalue weighted by molar-refractivity contribution is 0.619. The topological polar surface area (TPSA) is 38.0 Å². The molecule has 0 aliphatic rings. The minimum absolute atomic E-state index is 0.282. The summed E-state index contributed by atoms with van der Waals surface area (Å²) in [7, 11) is 0. The summed E-state index contributed by atoms with van der Waals surface area (Å²) in [6.45, 7) is 1.72. The Balaban J connectivity index is 2.30. The van der Waals surface area contributed by atoms with Crippen molar-refractivity contribution < 1.29 is 4.39 Å². The van der Waals surface area contributed by atoms with Gasteiger partial charge in [-0.05, 0) is 49.1 Å². The summed E-state index contributed by atoms with van der Waals surface area (Å²) in [6.07, 6.45) is 2.02. The van der Waals surface area contributed by atoms with Crippen LogP contribution in [0.3, 0.4) is 0 Å². The molecule has 0 heterocycles. The minimum atomic E-state index is -0.282. The minimum Gasteiger partial charge on any atom is -0.397 e.